The Morgan fingerprint density at radius 1 is 1.06 bits per heavy atom. The Balaban J connectivity index is 2.03. The molecule has 18 heavy (non-hydrogen) atoms. The van der Waals surface area contributed by atoms with E-state index in [9.17, 15) is 4.79 Å². The number of amides is 1. The Labute approximate surface area is 111 Å². The van der Waals surface area contributed by atoms with Gasteiger partial charge < -0.3 is 11.1 Å². The summed E-state index contributed by atoms with van der Waals surface area (Å²) < 4.78 is 0. The molecule has 0 saturated heterocycles. The van der Waals surface area contributed by atoms with Gasteiger partial charge in [-0.25, -0.2) is 0 Å². The van der Waals surface area contributed by atoms with Crippen LogP contribution in [0.25, 0.3) is 0 Å². The van der Waals surface area contributed by atoms with Crippen LogP contribution in [-0.2, 0) is 4.79 Å². The smallest absolute Gasteiger partial charge is 0.237 e. The Morgan fingerprint density at radius 2 is 1.78 bits per heavy atom. The van der Waals surface area contributed by atoms with Crippen molar-refractivity contribution in [3.63, 3.8) is 0 Å². The minimum absolute atomic E-state index is 0.123. The second-order valence-electron chi connectivity index (χ2n) is 6.46. The molecular formula is C15H28N2O. The number of carbonyl (C=O) groups excluding carboxylic acids is 1. The van der Waals surface area contributed by atoms with Crippen molar-refractivity contribution in [1.29, 1.82) is 0 Å². The molecule has 2 saturated carbocycles. The lowest BCUT2D eigenvalue weighted by molar-refractivity contribution is -0.125. The zero-order valence-corrected chi connectivity index (χ0v) is 11.7. The van der Waals surface area contributed by atoms with Gasteiger partial charge in [-0.2, -0.15) is 0 Å². The highest BCUT2D eigenvalue weighted by molar-refractivity contribution is 5.84. The van der Waals surface area contributed by atoms with Crippen molar-refractivity contribution < 1.29 is 4.79 Å². The lowest BCUT2D eigenvalue weighted by atomic mass is 9.85. The number of primary amides is 1. The monoisotopic (exact) mass is 252 g/mol. The molecule has 0 radical (unpaired) electrons. The van der Waals surface area contributed by atoms with Crippen LogP contribution in [0, 0.1) is 5.92 Å². The second-order valence-corrected chi connectivity index (χ2v) is 6.46. The fraction of sp³-hybridized carbons (Fsp3) is 0.933. The summed E-state index contributed by atoms with van der Waals surface area (Å²) in [7, 11) is 0. The van der Waals surface area contributed by atoms with Crippen molar-refractivity contribution >= 4 is 5.91 Å². The van der Waals surface area contributed by atoms with Crippen LogP contribution in [-0.4, -0.2) is 17.5 Å². The first-order valence-corrected chi connectivity index (χ1v) is 7.70. The molecule has 0 aliphatic heterocycles. The second kappa shape index (κ2) is 6.05. The van der Waals surface area contributed by atoms with Gasteiger partial charge in [0.15, 0.2) is 0 Å². The SMILES string of the molecule is CC1CCCC(NC2CCCCC2)(C(N)=O)CC1. The minimum atomic E-state index is -0.410. The molecule has 2 rings (SSSR count). The quantitative estimate of drug-likeness (QED) is 0.759. The third kappa shape index (κ3) is 3.25. The first kappa shape index (κ1) is 13.9. The predicted octanol–water partition coefficient (Wildman–Crippen LogP) is 2.73. The third-order valence-electron chi connectivity index (χ3n) is 4.92. The number of rotatable bonds is 3. The fourth-order valence-corrected chi connectivity index (χ4v) is 3.61. The fourth-order valence-electron chi connectivity index (χ4n) is 3.61. The first-order chi connectivity index (χ1) is 8.62. The Kier molecular flexibility index (Phi) is 4.66. The van der Waals surface area contributed by atoms with Gasteiger partial charge >= 0.3 is 0 Å². The lowest BCUT2D eigenvalue weighted by Crippen LogP contribution is -2.58. The largest absolute Gasteiger partial charge is 0.368 e. The number of carbonyl (C=O) groups is 1. The van der Waals surface area contributed by atoms with E-state index >= 15 is 0 Å². The highest BCUT2D eigenvalue weighted by Crippen LogP contribution is 2.32. The molecule has 2 fully saturated rings. The lowest BCUT2D eigenvalue weighted by Gasteiger charge is -2.36. The van der Waals surface area contributed by atoms with Crippen molar-refractivity contribution in [2.45, 2.75) is 82.7 Å². The predicted molar refractivity (Wildman–Crippen MR) is 74.2 cm³/mol. The normalized spacial score (nSPS) is 35.1. The topological polar surface area (TPSA) is 55.1 Å². The van der Waals surface area contributed by atoms with E-state index in [4.69, 9.17) is 5.73 Å². The molecule has 0 aromatic rings. The van der Waals surface area contributed by atoms with Gasteiger partial charge in [-0.1, -0.05) is 39.0 Å². The van der Waals surface area contributed by atoms with Crippen molar-refractivity contribution in [3.8, 4) is 0 Å². The third-order valence-corrected chi connectivity index (χ3v) is 4.92. The summed E-state index contributed by atoms with van der Waals surface area (Å²) in [5.74, 6) is 0.613. The molecule has 2 atom stereocenters. The summed E-state index contributed by atoms with van der Waals surface area (Å²) in [5, 5.41) is 3.66. The summed E-state index contributed by atoms with van der Waals surface area (Å²) >= 11 is 0. The molecule has 0 bridgehead atoms. The minimum Gasteiger partial charge on any atom is -0.368 e. The van der Waals surface area contributed by atoms with E-state index in [2.05, 4.69) is 12.2 Å². The molecule has 2 aliphatic carbocycles. The average Bonchev–Trinajstić information content (AvgIpc) is 2.54. The van der Waals surface area contributed by atoms with Crippen molar-refractivity contribution in [2.24, 2.45) is 11.7 Å². The Bertz CT molecular complexity index is 286. The van der Waals surface area contributed by atoms with Gasteiger partial charge in [0, 0.05) is 6.04 Å². The van der Waals surface area contributed by atoms with Crippen LogP contribution in [0.1, 0.15) is 71.1 Å². The van der Waals surface area contributed by atoms with Crippen LogP contribution in [0.3, 0.4) is 0 Å². The molecule has 3 N–H and O–H groups in total. The summed E-state index contributed by atoms with van der Waals surface area (Å²) in [6.45, 7) is 2.29. The van der Waals surface area contributed by atoms with Crippen LogP contribution < -0.4 is 11.1 Å². The van der Waals surface area contributed by atoms with Gasteiger partial charge in [0.2, 0.25) is 5.91 Å². The molecule has 0 aromatic heterocycles. The Morgan fingerprint density at radius 3 is 2.44 bits per heavy atom. The molecule has 1 amide bonds. The highest BCUT2D eigenvalue weighted by atomic mass is 16.1. The summed E-state index contributed by atoms with van der Waals surface area (Å²) in [5.41, 5.74) is 5.32. The van der Waals surface area contributed by atoms with E-state index in [1.54, 1.807) is 0 Å². The highest BCUT2D eigenvalue weighted by Gasteiger charge is 2.39. The van der Waals surface area contributed by atoms with Gasteiger partial charge in [0.05, 0.1) is 5.54 Å². The van der Waals surface area contributed by atoms with Gasteiger partial charge in [0.1, 0.15) is 0 Å². The number of nitrogens with one attached hydrogen (secondary N) is 1. The van der Waals surface area contributed by atoms with Crippen LogP contribution in [0.4, 0.5) is 0 Å². The molecular weight excluding hydrogens is 224 g/mol. The summed E-state index contributed by atoms with van der Waals surface area (Å²) in [6.07, 6.45) is 11.7. The molecule has 3 nitrogen and oxygen atoms in total. The van der Waals surface area contributed by atoms with Gasteiger partial charge in [-0.3, -0.25) is 4.79 Å². The molecule has 3 heteroatoms. The van der Waals surface area contributed by atoms with E-state index in [0.29, 0.717) is 6.04 Å². The van der Waals surface area contributed by atoms with E-state index in [1.807, 2.05) is 0 Å². The van der Waals surface area contributed by atoms with E-state index in [1.165, 1.54) is 38.5 Å². The maximum Gasteiger partial charge on any atom is 0.237 e. The molecule has 0 spiro atoms. The standard InChI is InChI=1S/C15H28N2O/c1-12-6-5-10-15(11-9-12,14(16)18)17-13-7-3-2-4-8-13/h12-13,17H,2-11H2,1H3,(H2,16,18). The molecule has 2 aliphatic rings. The van der Waals surface area contributed by atoms with Gasteiger partial charge in [-0.05, 0) is 38.0 Å². The van der Waals surface area contributed by atoms with Crippen molar-refractivity contribution in [3.05, 3.63) is 0 Å². The van der Waals surface area contributed by atoms with Gasteiger partial charge in [-0.15, -0.1) is 0 Å². The zero-order chi connectivity index (χ0) is 13.0. The summed E-state index contributed by atoms with van der Waals surface area (Å²) in [6, 6.07) is 0.514. The van der Waals surface area contributed by atoms with Crippen LogP contribution in [0.5, 0.6) is 0 Å². The van der Waals surface area contributed by atoms with E-state index < -0.39 is 5.54 Å². The van der Waals surface area contributed by atoms with Crippen LogP contribution >= 0.6 is 0 Å². The Hall–Kier alpha value is -0.570. The maximum absolute atomic E-state index is 12.0. The van der Waals surface area contributed by atoms with Gasteiger partial charge in [0.25, 0.3) is 0 Å². The van der Waals surface area contributed by atoms with E-state index in [-0.39, 0.29) is 5.91 Å². The molecule has 104 valence electrons. The van der Waals surface area contributed by atoms with Crippen LogP contribution in [0.15, 0.2) is 0 Å². The number of hydrogen-bond acceptors (Lipinski definition) is 2. The van der Waals surface area contributed by atoms with Crippen molar-refractivity contribution in [2.75, 3.05) is 0 Å². The maximum atomic E-state index is 12.0. The first-order valence-electron chi connectivity index (χ1n) is 7.70. The number of hydrogen-bond donors (Lipinski definition) is 2. The van der Waals surface area contributed by atoms with Crippen molar-refractivity contribution in [1.82, 2.24) is 5.32 Å². The average molecular weight is 252 g/mol. The summed E-state index contributed by atoms with van der Waals surface area (Å²) in [4.78, 5) is 12.0. The van der Waals surface area contributed by atoms with E-state index in [0.717, 1.165) is 31.6 Å². The van der Waals surface area contributed by atoms with Crippen LogP contribution in [0.2, 0.25) is 0 Å². The zero-order valence-electron chi connectivity index (χ0n) is 11.7. The molecule has 2 unspecified atom stereocenters. The molecule has 0 aromatic carbocycles. The molecule has 0 heterocycles. The number of nitrogens with two attached hydrogens (primary N) is 1.